The SMILES string of the molecule is C=C(NCCN(C)C)c1ccc(-c2nc3c(C(F)(F)F)cc(N)c(C=N)c3c3c2CCCC3)cc1. The standard InChI is InChI=1S/C27H30F3N5/c1-16(33-12-13-35(2)3)17-8-10-18(11-9-17)25-20-7-5-4-6-19(20)24-21(15-31)23(32)14-22(26(24)34-25)27(28,29)30/h8-11,14-15,31,33H,1,4-7,12-13,32H2,2-3H3. The smallest absolute Gasteiger partial charge is 0.398 e. The summed E-state index contributed by atoms with van der Waals surface area (Å²) in [6.07, 6.45) is -0.407. The van der Waals surface area contributed by atoms with Crippen molar-refractivity contribution in [2.24, 2.45) is 0 Å². The Balaban J connectivity index is 1.85. The maximum absolute atomic E-state index is 14.0. The summed E-state index contributed by atoms with van der Waals surface area (Å²) in [5.41, 5.74) is 10.0. The summed E-state index contributed by atoms with van der Waals surface area (Å²) in [4.78, 5) is 6.67. The maximum atomic E-state index is 14.0. The minimum Gasteiger partial charge on any atom is -0.398 e. The van der Waals surface area contributed by atoms with E-state index < -0.39 is 11.7 Å². The predicted molar refractivity (Wildman–Crippen MR) is 137 cm³/mol. The minimum atomic E-state index is -4.61. The summed E-state index contributed by atoms with van der Waals surface area (Å²) in [5, 5.41) is 11.5. The molecule has 0 saturated heterocycles. The van der Waals surface area contributed by atoms with E-state index in [9.17, 15) is 13.2 Å². The summed E-state index contributed by atoms with van der Waals surface area (Å²) >= 11 is 0. The Morgan fingerprint density at radius 3 is 2.43 bits per heavy atom. The number of aromatic nitrogens is 1. The van der Waals surface area contributed by atoms with Crippen molar-refractivity contribution in [3.8, 4) is 11.3 Å². The van der Waals surface area contributed by atoms with Crippen molar-refractivity contribution in [3.63, 3.8) is 0 Å². The van der Waals surface area contributed by atoms with Crippen molar-refractivity contribution in [2.45, 2.75) is 31.9 Å². The molecule has 0 saturated carbocycles. The Kier molecular flexibility index (Phi) is 6.85. The first kappa shape index (κ1) is 24.7. The second kappa shape index (κ2) is 9.70. The van der Waals surface area contributed by atoms with Crippen LogP contribution < -0.4 is 11.1 Å². The number of likely N-dealkylation sites (N-methyl/N-ethyl adjacent to an activating group) is 1. The average molecular weight is 482 g/mol. The van der Waals surface area contributed by atoms with Gasteiger partial charge in [-0.3, -0.25) is 0 Å². The molecule has 1 heterocycles. The highest BCUT2D eigenvalue weighted by molar-refractivity contribution is 6.07. The molecular weight excluding hydrogens is 451 g/mol. The first-order chi connectivity index (χ1) is 16.6. The van der Waals surface area contributed by atoms with Gasteiger partial charge in [0.15, 0.2) is 0 Å². The molecule has 184 valence electrons. The minimum absolute atomic E-state index is 0.0493. The number of fused-ring (bicyclic) bond motifs is 3. The molecule has 0 aliphatic heterocycles. The van der Waals surface area contributed by atoms with Crippen LogP contribution in [0.4, 0.5) is 18.9 Å². The molecule has 0 atom stereocenters. The highest BCUT2D eigenvalue weighted by Gasteiger charge is 2.36. The first-order valence-corrected chi connectivity index (χ1v) is 11.7. The number of aryl methyl sites for hydroxylation is 1. The number of nitrogen functional groups attached to an aromatic ring is 1. The van der Waals surface area contributed by atoms with Crippen LogP contribution in [0.1, 0.15) is 40.7 Å². The number of hydrogen-bond donors (Lipinski definition) is 3. The zero-order chi connectivity index (χ0) is 25.3. The number of hydrogen-bond acceptors (Lipinski definition) is 5. The van der Waals surface area contributed by atoms with E-state index in [-0.39, 0.29) is 11.2 Å². The molecule has 8 heteroatoms. The van der Waals surface area contributed by atoms with Crippen LogP contribution in [0.5, 0.6) is 0 Å². The van der Waals surface area contributed by atoms with E-state index >= 15 is 0 Å². The van der Waals surface area contributed by atoms with Gasteiger partial charge in [0.1, 0.15) is 0 Å². The van der Waals surface area contributed by atoms with Crippen LogP contribution in [-0.4, -0.2) is 43.3 Å². The van der Waals surface area contributed by atoms with Gasteiger partial charge in [0.05, 0.1) is 16.8 Å². The molecule has 0 radical (unpaired) electrons. The van der Waals surface area contributed by atoms with E-state index in [1.54, 1.807) is 0 Å². The predicted octanol–water partition coefficient (Wildman–Crippen LogP) is 5.50. The molecule has 0 fully saturated rings. The average Bonchev–Trinajstić information content (AvgIpc) is 2.82. The quantitative estimate of drug-likeness (QED) is 0.308. The fourth-order valence-corrected chi connectivity index (χ4v) is 4.72. The molecule has 0 unspecified atom stereocenters. The summed E-state index contributed by atoms with van der Waals surface area (Å²) in [6, 6.07) is 8.51. The van der Waals surface area contributed by atoms with Gasteiger partial charge in [0.25, 0.3) is 0 Å². The number of benzene rings is 2. The lowest BCUT2D eigenvalue weighted by atomic mass is 9.84. The number of anilines is 1. The van der Waals surface area contributed by atoms with E-state index in [1.165, 1.54) is 0 Å². The molecular formula is C27H30F3N5. The third kappa shape index (κ3) is 4.89. The van der Waals surface area contributed by atoms with Gasteiger partial charge >= 0.3 is 6.18 Å². The first-order valence-electron chi connectivity index (χ1n) is 11.7. The summed E-state index contributed by atoms with van der Waals surface area (Å²) in [6.45, 7) is 5.72. The monoisotopic (exact) mass is 481 g/mol. The van der Waals surface area contributed by atoms with E-state index in [1.807, 2.05) is 38.4 Å². The van der Waals surface area contributed by atoms with E-state index in [2.05, 4.69) is 21.8 Å². The molecule has 1 aromatic heterocycles. The van der Waals surface area contributed by atoms with Crippen LogP contribution in [-0.2, 0) is 19.0 Å². The lowest BCUT2D eigenvalue weighted by Crippen LogP contribution is -2.25. The molecule has 1 aliphatic carbocycles. The Morgan fingerprint density at radius 1 is 1.17 bits per heavy atom. The Morgan fingerprint density at radius 2 is 1.83 bits per heavy atom. The van der Waals surface area contributed by atoms with E-state index in [4.69, 9.17) is 11.1 Å². The van der Waals surface area contributed by atoms with Crippen molar-refractivity contribution in [1.82, 2.24) is 15.2 Å². The number of nitrogens with zero attached hydrogens (tertiary/aromatic N) is 2. The largest absolute Gasteiger partial charge is 0.418 e. The van der Waals surface area contributed by atoms with Crippen molar-refractivity contribution in [2.75, 3.05) is 32.9 Å². The van der Waals surface area contributed by atoms with Gasteiger partial charge in [-0.25, -0.2) is 4.98 Å². The van der Waals surface area contributed by atoms with Crippen LogP contribution >= 0.6 is 0 Å². The van der Waals surface area contributed by atoms with Gasteiger partial charge in [0.2, 0.25) is 0 Å². The van der Waals surface area contributed by atoms with Crippen molar-refractivity contribution in [3.05, 3.63) is 64.7 Å². The van der Waals surface area contributed by atoms with E-state index in [0.29, 0.717) is 23.1 Å². The highest BCUT2D eigenvalue weighted by Crippen LogP contribution is 2.43. The van der Waals surface area contributed by atoms with Crippen LogP contribution in [0.25, 0.3) is 27.9 Å². The Labute approximate surface area is 203 Å². The van der Waals surface area contributed by atoms with E-state index in [0.717, 1.165) is 72.6 Å². The van der Waals surface area contributed by atoms with Crippen LogP contribution in [0.3, 0.4) is 0 Å². The molecule has 4 N–H and O–H groups in total. The molecule has 0 spiro atoms. The summed E-state index contributed by atoms with van der Waals surface area (Å²) < 4.78 is 42.1. The molecule has 5 nitrogen and oxygen atoms in total. The highest BCUT2D eigenvalue weighted by atomic mass is 19.4. The fraction of sp³-hybridized carbons (Fsp3) is 0.333. The van der Waals surface area contributed by atoms with Crippen molar-refractivity contribution >= 4 is 28.5 Å². The third-order valence-electron chi connectivity index (χ3n) is 6.51. The number of pyridine rings is 1. The molecule has 1 aliphatic rings. The maximum Gasteiger partial charge on any atom is 0.418 e. The topological polar surface area (TPSA) is 78.0 Å². The lowest BCUT2D eigenvalue weighted by Gasteiger charge is -2.24. The number of halogens is 3. The van der Waals surface area contributed by atoms with Gasteiger partial charge in [-0.2, -0.15) is 13.2 Å². The number of alkyl halides is 3. The molecule has 35 heavy (non-hydrogen) atoms. The normalized spacial score (nSPS) is 13.7. The van der Waals surface area contributed by atoms with Crippen LogP contribution in [0.15, 0.2) is 36.9 Å². The molecule has 0 amide bonds. The van der Waals surface area contributed by atoms with Crippen LogP contribution in [0, 0.1) is 5.41 Å². The van der Waals surface area contributed by atoms with Gasteiger partial charge in [0, 0.05) is 47.2 Å². The van der Waals surface area contributed by atoms with Gasteiger partial charge < -0.3 is 21.4 Å². The molecule has 3 aromatic rings. The lowest BCUT2D eigenvalue weighted by molar-refractivity contribution is -0.136. The molecule has 0 bridgehead atoms. The van der Waals surface area contributed by atoms with Gasteiger partial charge in [-0.15, -0.1) is 0 Å². The number of nitrogens with one attached hydrogen (secondary N) is 2. The molecule has 4 rings (SSSR count). The summed E-state index contributed by atoms with van der Waals surface area (Å²) in [7, 11) is 4.00. The Hall–Kier alpha value is -3.39. The zero-order valence-corrected chi connectivity index (χ0v) is 20.0. The molecule has 2 aromatic carbocycles. The second-order valence-corrected chi connectivity index (χ2v) is 9.20. The van der Waals surface area contributed by atoms with Gasteiger partial charge in [-0.05, 0) is 62.5 Å². The van der Waals surface area contributed by atoms with Crippen molar-refractivity contribution < 1.29 is 13.2 Å². The Bertz CT molecular complexity index is 1280. The fourth-order valence-electron chi connectivity index (χ4n) is 4.72. The second-order valence-electron chi connectivity index (χ2n) is 9.20. The van der Waals surface area contributed by atoms with Crippen molar-refractivity contribution in [1.29, 1.82) is 5.41 Å². The third-order valence-corrected chi connectivity index (χ3v) is 6.51. The number of rotatable bonds is 7. The summed E-state index contributed by atoms with van der Waals surface area (Å²) in [5.74, 6) is 0. The number of nitrogens with two attached hydrogens (primary N) is 1. The zero-order valence-electron chi connectivity index (χ0n) is 20.0. The van der Waals surface area contributed by atoms with Gasteiger partial charge in [-0.1, -0.05) is 30.8 Å². The van der Waals surface area contributed by atoms with Crippen LogP contribution in [0.2, 0.25) is 0 Å².